The Bertz CT molecular complexity index is 833. The third-order valence-electron chi connectivity index (χ3n) is 6.10. The number of phenols is 2. The molecule has 0 aromatic heterocycles. The van der Waals surface area contributed by atoms with Crippen molar-refractivity contribution in [3.63, 3.8) is 0 Å². The molecule has 2 heterocycles. The predicted octanol–water partition coefficient (Wildman–Crippen LogP) is 4.45. The summed E-state index contributed by atoms with van der Waals surface area (Å²) in [5.41, 5.74) is 2.40. The van der Waals surface area contributed by atoms with Gasteiger partial charge in [-0.1, -0.05) is 0 Å². The maximum atomic E-state index is 10.2. The molecule has 2 aromatic rings. The van der Waals surface area contributed by atoms with E-state index in [0.717, 1.165) is 33.8 Å². The Morgan fingerprint density at radius 3 is 1.40 bits per heavy atom. The number of hydrogen-bond acceptors (Lipinski definition) is 4. The van der Waals surface area contributed by atoms with Gasteiger partial charge in [0.05, 0.1) is 10.8 Å². The van der Waals surface area contributed by atoms with E-state index in [1.807, 2.05) is 26.0 Å². The van der Waals surface area contributed by atoms with E-state index in [9.17, 15) is 10.2 Å². The minimum absolute atomic E-state index is 0.259. The molecule has 0 amide bonds. The highest BCUT2D eigenvalue weighted by atomic mass is 16.7. The Kier molecular flexibility index (Phi) is 2.85. The van der Waals surface area contributed by atoms with Gasteiger partial charge in [0.25, 0.3) is 5.79 Å². The lowest BCUT2D eigenvalue weighted by molar-refractivity contribution is -0.169. The summed E-state index contributed by atoms with van der Waals surface area (Å²) in [4.78, 5) is 0. The van der Waals surface area contributed by atoms with E-state index >= 15 is 0 Å². The van der Waals surface area contributed by atoms with E-state index in [1.54, 1.807) is 12.1 Å². The summed E-state index contributed by atoms with van der Waals surface area (Å²) in [6, 6.07) is 7.30. The van der Waals surface area contributed by atoms with Crippen LogP contribution in [0.5, 0.6) is 23.0 Å². The number of rotatable bonds is 0. The van der Waals surface area contributed by atoms with Crippen molar-refractivity contribution in [2.24, 2.45) is 0 Å². The summed E-state index contributed by atoms with van der Waals surface area (Å²) >= 11 is 0. The molecule has 4 nitrogen and oxygen atoms in total. The Hall–Kier alpha value is -2.36. The van der Waals surface area contributed by atoms with Crippen LogP contribution in [0, 0.1) is 13.8 Å². The number of benzene rings is 2. The van der Waals surface area contributed by atoms with Crippen LogP contribution in [-0.4, -0.2) is 16.0 Å². The molecule has 0 radical (unpaired) electrons. The van der Waals surface area contributed by atoms with Crippen LogP contribution in [0.3, 0.4) is 0 Å². The zero-order valence-corrected chi connectivity index (χ0v) is 15.5. The van der Waals surface area contributed by atoms with E-state index in [2.05, 4.69) is 27.7 Å². The zero-order chi connectivity index (χ0) is 18.4. The molecule has 0 saturated heterocycles. The second-order valence-corrected chi connectivity index (χ2v) is 8.34. The quantitative estimate of drug-likeness (QED) is 0.744. The van der Waals surface area contributed by atoms with Crippen LogP contribution >= 0.6 is 0 Å². The van der Waals surface area contributed by atoms with Crippen molar-refractivity contribution in [3.8, 4) is 23.0 Å². The number of aryl methyl sites for hydroxylation is 2. The molecule has 0 fully saturated rings. The normalized spacial score (nSPS) is 20.7. The Labute approximate surface area is 148 Å². The van der Waals surface area contributed by atoms with Gasteiger partial charge in [-0.3, -0.25) is 0 Å². The van der Waals surface area contributed by atoms with Crippen LogP contribution < -0.4 is 9.47 Å². The van der Waals surface area contributed by atoms with Crippen molar-refractivity contribution in [3.05, 3.63) is 46.5 Å². The molecule has 1 spiro atoms. The number of aromatic hydroxyl groups is 2. The third kappa shape index (κ3) is 1.72. The van der Waals surface area contributed by atoms with Crippen molar-refractivity contribution < 1.29 is 19.7 Å². The van der Waals surface area contributed by atoms with E-state index in [0.29, 0.717) is 0 Å². The van der Waals surface area contributed by atoms with Gasteiger partial charge in [-0.25, -0.2) is 0 Å². The molecule has 4 heteroatoms. The average Bonchev–Trinajstić information content (AvgIpc) is 2.85. The maximum Gasteiger partial charge on any atom is 0.269 e. The van der Waals surface area contributed by atoms with Crippen molar-refractivity contribution in [2.45, 2.75) is 58.2 Å². The fourth-order valence-corrected chi connectivity index (χ4v) is 4.46. The second-order valence-electron chi connectivity index (χ2n) is 8.34. The highest BCUT2D eigenvalue weighted by molar-refractivity contribution is 5.59. The Morgan fingerprint density at radius 1 is 0.680 bits per heavy atom. The Balaban J connectivity index is 1.95. The van der Waals surface area contributed by atoms with Gasteiger partial charge >= 0.3 is 0 Å². The first kappa shape index (κ1) is 16.1. The highest BCUT2D eigenvalue weighted by Crippen LogP contribution is 2.63. The van der Waals surface area contributed by atoms with Gasteiger partial charge in [-0.05, 0) is 76.9 Å². The molecular weight excluding hydrogens is 316 g/mol. The molecule has 0 unspecified atom stereocenters. The Morgan fingerprint density at radius 2 is 1.04 bits per heavy atom. The third-order valence-corrected chi connectivity index (χ3v) is 6.10. The molecule has 0 aliphatic carbocycles. The van der Waals surface area contributed by atoms with Crippen LogP contribution in [0.2, 0.25) is 0 Å². The van der Waals surface area contributed by atoms with Crippen LogP contribution in [0.4, 0.5) is 0 Å². The first-order valence-corrected chi connectivity index (χ1v) is 8.57. The SMILES string of the molecule is Cc1cc2c(cc1O)C(C)(C)C1(O2)Oc2cc(C)c(O)cc2C1(C)C. The summed E-state index contributed by atoms with van der Waals surface area (Å²) in [5, 5.41) is 20.4. The molecule has 0 atom stereocenters. The minimum Gasteiger partial charge on any atom is -0.508 e. The van der Waals surface area contributed by atoms with Crippen LogP contribution in [-0.2, 0) is 10.8 Å². The van der Waals surface area contributed by atoms with E-state index in [1.165, 1.54) is 0 Å². The fourth-order valence-electron chi connectivity index (χ4n) is 4.46. The lowest BCUT2D eigenvalue weighted by Crippen LogP contribution is -2.61. The zero-order valence-electron chi connectivity index (χ0n) is 15.5. The van der Waals surface area contributed by atoms with E-state index in [4.69, 9.17) is 9.47 Å². The maximum absolute atomic E-state index is 10.2. The molecule has 4 rings (SSSR count). The van der Waals surface area contributed by atoms with Crippen molar-refractivity contribution in [2.75, 3.05) is 0 Å². The van der Waals surface area contributed by atoms with Gasteiger partial charge < -0.3 is 19.7 Å². The van der Waals surface area contributed by atoms with Crippen LogP contribution in [0.25, 0.3) is 0 Å². The number of hydrogen-bond donors (Lipinski definition) is 2. The predicted molar refractivity (Wildman–Crippen MR) is 95.7 cm³/mol. The summed E-state index contributed by atoms with van der Waals surface area (Å²) in [6.45, 7) is 12.0. The molecule has 0 bridgehead atoms. The number of fused-ring (bicyclic) bond motifs is 2. The second kappa shape index (κ2) is 4.43. The smallest absolute Gasteiger partial charge is 0.269 e. The van der Waals surface area contributed by atoms with E-state index < -0.39 is 16.6 Å². The number of phenolic OH excluding ortho intramolecular Hbond substituents is 2. The minimum atomic E-state index is -0.953. The van der Waals surface area contributed by atoms with Crippen LogP contribution in [0.15, 0.2) is 24.3 Å². The molecule has 2 N–H and O–H groups in total. The standard InChI is InChI=1S/C21H24O4/c1-11-7-17-13(9-15(11)22)19(3,4)21(24-17)20(5,6)14-10-16(23)12(2)8-18(14)25-21/h7-10,22-23H,1-6H3. The molecular formula is C21H24O4. The van der Waals surface area contributed by atoms with Crippen molar-refractivity contribution >= 4 is 0 Å². The largest absolute Gasteiger partial charge is 0.508 e. The first-order chi connectivity index (χ1) is 11.5. The first-order valence-electron chi connectivity index (χ1n) is 8.57. The van der Waals surface area contributed by atoms with Gasteiger partial charge in [0.2, 0.25) is 0 Å². The number of ether oxygens (including phenoxy) is 2. The lowest BCUT2D eigenvalue weighted by atomic mass is 9.65. The lowest BCUT2D eigenvalue weighted by Gasteiger charge is -2.44. The van der Waals surface area contributed by atoms with Gasteiger partial charge in [-0.2, -0.15) is 0 Å². The van der Waals surface area contributed by atoms with Crippen molar-refractivity contribution in [1.82, 2.24) is 0 Å². The van der Waals surface area contributed by atoms with Crippen LogP contribution in [0.1, 0.15) is 49.9 Å². The highest BCUT2D eigenvalue weighted by Gasteiger charge is 2.69. The summed E-state index contributed by atoms with van der Waals surface area (Å²) < 4.78 is 12.9. The van der Waals surface area contributed by atoms with Crippen molar-refractivity contribution in [1.29, 1.82) is 0 Å². The van der Waals surface area contributed by atoms with Gasteiger partial charge in [0.1, 0.15) is 23.0 Å². The molecule has 25 heavy (non-hydrogen) atoms. The average molecular weight is 340 g/mol. The van der Waals surface area contributed by atoms with Gasteiger partial charge in [-0.15, -0.1) is 0 Å². The summed E-state index contributed by atoms with van der Waals surface area (Å²) in [7, 11) is 0. The summed E-state index contributed by atoms with van der Waals surface area (Å²) in [6.07, 6.45) is 0. The summed E-state index contributed by atoms with van der Waals surface area (Å²) in [5.74, 6) is 1.04. The molecule has 2 aromatic carbocycles. The fraction of sp³-hybridized carbons (Fsp3) is 0.429. The monoisotopic (exact) mass is 340 g/mol. The van der Waals surface area contributed by atoms with E-state index in [-0.39, 0.29) is 11.5 Å². The molecule has 2 aliphatic heterocycles. The van der Waals surface area contributed by atoms with Gasteiger partial charge in [0.15, 0.2) is 0 Å². The molecule has 2 aliphatic rings. The van der Waals surface area contributed by atoms with Gasteiger partial charge in [0, 0.05) is 11.1 Å². The molecule has 132 valence electrons. The molecule has 0 saturated carbocycles. The topological polar surface area (TPSA) is 58.9 Å².